The Balaban J connectivity index is 2.43. The molecule has 0 aromatic rings. The molecule has 12 nitrogen and oxygen atoms in total. The van der Waals surface area contributed by atoms with Gasteiger partial charge in [-0.1, -0.05) is 172 Å². The summed E-state index contributed by atoms with van der Waals surface area (Å²) in [6.45, 7) is 3.81. The van der Waals surface area contributed by atoms with Gasteiger partial charge in [-0.3, -0.25) is 9.35 Å². The molecular formula is C47H84O12S. The van der Waals surface area contributed by atoms with E-state index in [1.165, 1.54) is 83.5 Å². The molecule has 0 aromatic carbocycles. The van der Waals surface area contributed by atoms with Crippen LogP contribution >= 0.6 is 0 Å². The molecule has 0 aromatic heterocycles. The standard InChI is InChI=1S/C47H84O12S/c1-3-5-7-9-11-13-15-17-19-21-22-24-26-28-30-32-34-36-43(49)57-41(40-56-47-45(51)46(59-60(52,53)54)44(50)42(38-48)58-47)39-55-37-35-33-31-29-27-25-23-20-18-16-14-12-10-8-6-4-2/h6,8,12,14,18,20,25,27,41-42,44-48,50-51H,3-5,7,9-11,13,15-17,19,21-24,26,28-40H2,1-2H3,(H,52,53,54)/b8-6-,14-12-,20-18-,27-25-. The number of carbonyl (C=O) groups is 1. The van der Waals surface area contributed by atoms with Crippen LogP contribution in [0.2, 0.25) is 0 Å². The summed E-state index contributed by atoms with van der Waals surface area (Å²) in [5, 5.41) is 30.7. The lowest BCUT2D eigenvalue weighted by Crippen LogP contribution is -2.60. The molecule has 0 spiro atoms. The third-order valence-corrected chi connectivity index (χ3v) is 10.9. The highest BCUT2D eigenvalue weighted by Gasteiger charge is 2.48. The number of hydrogen-bond acceptors (Lipinski definition) is 11. The van der Waals surface area contributed by atoms with Gasteiger partial charge in [0.05, 0.1) is 19.8 Å². The predicted octanol–water partition coefficient (Wildman–Crippen LogP) is 9.97. The number of unbranched alkanes of at least 4 members (excludes halogenated alkanes) is 19. The number of rotatable bonds is 40. The molecule has 1 fully saturated rings. The van der Waals surface area contributed by atoms with Crippen LogP contribution in [0.25, 0.3) is 0 Å². The van der Waals surface area contributed by atoms with Crippen LogP contribution in [0.4, 0.5) is 0 Å². The molecule has 1 rings (SSSR count). The van der Waals surface area contributed by atoms with Crippen LogP contribution in [0, 0.1) is 0 Å². The van der Waals surface area contributed by atoms with Gasteiger partial charge in [0, 0.05) is 13.0 Å². The Morgan fingerprint density at radius 2 is 1.15 bits per heavy atom. The average molecular weight is 873 g/mol. The monoisotopic (exact) mass is 873 g/mol. The Bertz CT molecular complexity index is 1240. The fourth-order valence-corrected chi connectivity index (χ4v) is 7.47. The topological polar surface area (TPSA) is 178 Å². The highest BCUT2D eigenvalue weighted by atomic mass is 32.3. The molecule has 4 N–H and O–H groups in total. The van der Waals surface area contributed by atoms with E-state index in [-0.39, 0.29) is 19.6 Å². The zero-order valence-corrected chi connectivity index (χ0v) is 38.1. The number of aliphatic hydroxyl groups is 3. The summed E-state index contributed by atoms with van der Waals surface area (Å²) in [7, 11) is -5.07. The van der Waals surface area contributed by atoms with Gasteiger partial charge < -0.3 is 34.3 Å². The Labute approximate surface area is 364 Å². The molecule has 0 saturated carbocycles. The van der Waals surface area contributed by atoms with Gasteiger partial charge in [0.2, 0.25) is 0 Å². The second kappa shape index (κ2) is 38.7. The van der Waals surface area contributed by atoms with Gasteiger partial charge in [-0.15, -0.1) is 0 Å². The Hall–Kier alpha value is -1.94. The van der Waals surface area contributed by atoms with E-state index in [2.05, 4.69) is 66.6 Å². The van der Waals surface area contributed by atoms with Crippen molar-refractivity contribution in [2.75, 3.05) is 26.4 Å². The lowest BCUT2D eigenvalue weighted by molar-refractivity contribution is -0.301. The SMILES string of the molecule is CC/C=C\C/C=C\C/C=C\C/C=C\CCCCCOCC(COC1OC(CO)C(O)C(OS(=O)(=O)O)C1O)OC(=O)CCCCCCCCCCCCCCCCCCC. The minimum absolute atomic E-state index is 0.0153. The van der Waals surface area contributed by atoms with Gasteiger partial charge in [-0.2, -0.15) is 8.42 Å². The van der Waals surface area contributed by atoms with E-state index >= 15 is 0 Å². The maximum absolute atomic E-state index is 12.9. The van der Waals surface area contributed by atoms with Crippen LogP contribution in [0.15, 0.2) is 48.6 Å². The molecule has 1 heterocycles. The third kappa shape index (κ3) is 31.8. The van der Waals surface area contributed by atoms with Gasteiger partial charge in [-0.25, -0.2) is 4.18 Å². The maximum atomic E-state index is 12.9. The highest BCUT2D eigenvalue weighted by Crippen LogP contribution is 2.26. The molecule has 6 atom stereocenters. The van der Waals surface area contributed by atoms with Gasteiger partial charge in [-0.05, 0) is 51.4 Å². The number of ether oxygens (including phenoxy) is 4. The van der Waals surface area contributed by atoms with Crippen LogP contribution in [0.1, 0.15) is 181 Å². The van der Waals surface area contributed by atoms with Crippen molar-refractivity contribution < 1.29 is 56.2 Å². The molecule has 13 heteroatoms. The molecule has 6 unspecified atom stereocenters. The first-order valence-corrected chi connectivity index (χ1v) is 24.8. The fraction of sp³-hybridized carbons (Fsp3) is 0.809. The summed E-state index contributed by atoms with van der Waals surface area (Å²) in [5.41, 5.74) is 0. The molecular weight excluding hydrogens is 789 g/mol. The number of aliphatic hydroxyl groups excluding tert-OH is 3. The summed E-state index contributed by atoms with van der Waals surface area (Å²) >= 11 is 0. The molecule has 0 radical (unpaired) electrons. The fourth-order valence-electron chi connectivity index (χ4n) is 6.96. The number of carbonyl (C=O) groups excluding carboxylic acids is 1. The Morgan fingerprint density at radius 3 is 1.67 bits per heavy atom. The van der Waals surface area contributed by atoms with Crippen molar-refractivity contribution in [3.05, 3.63) is 48.6 Å². The van der Waals surface area contributed by atoms with Gasteiger partial charge >= 0.3 is 16.4 Å². The van der Waals surface area contributed by atoms with Gasteiger partial charge in [0.15, 0.2) is 6.29 Å². The van der Waals surface area contributed by atoms with Crippen LogP contribution in [0.3, 0.4) is 0 Å². The van der Waals surface area contributed by atoms with E-state index in [1.807, 2.05) is 0 Å². The molecule has 0 bridgehead atoms. The van der Waals surface area contributed by atoms with Crippen molar-refractivity contribution >= 4 is 16.4 Å². The van der Waals surface area contributed by atoms with Gasteiger partial charge in [0.25, 0.3) is 0 Å². The summed E-state index contributed by atoms with van der Waals surface area (Å²) in [5.74, 6) is -0.410. The number of allylic oxidation sites excluding steroid dienone is 8. The summed E-state index contributed by atoms with van der Waals surface area (Å²) < 4.78 is 59.1. The van der Waals surface area contributed by atoms with Gasteiger partial charge in [0.1, 0.15) is 30.5 Å². The zero-order chi connectivity index (χ0) is 43.9. The minimum atomic E-state index is -5.07. The van der Waals surface area contributed by atoms with E-state index in [4.69, 9.17) is 23.5 Å². The van der Waals surface area contributed by atoms with E-state index in [0.717, 1.165) is 70.6 Å². The van der Waals surface area contributed by atoms with Crippen molar-refractivity contribution in [1.82, 2.24) is 0 Å². The molecule has 1 saturated heterocycles. The normalized spacial score (nSPS) is 20.7. The molecule has 0 aliphatic carbocycles. The summed E-state index contributed by atoms with van der Waals surface area (Å²) in [6.07, 6.45) is 37.2. The number of hydrogen-bond donors (Lipinski definition) is 4. The Morgan fingerprint density at radius 1 is 0.650 bits per heavy atom. The van der Waals surface area contributed by atoms with Crippen molar-refractivity contribution in [3.8, 4) is 0 Å². The quantitative estimate of drug-likeness (QED) is 0.0199. The van der Waals surface area contributed by atoms with E-state index < -0.39 is 59.8 Å². The minimum Gasteiger partial charge on any atom is -0.457 e. The average Bonchev–Trinajstić information content (AvgIpc) is 3.22. The van der Waals surface area contributed by atoms with Crippen molar-refractivity contribution in [2.24, 2.45) is 0 Å². The second-order valence-electron chi connectivity index (χ2n) is 16.0. The first kappa shape index (κ1) is 56.1. The third-order valence-electron chi connectivity index (χ3n) is 10.5. The molecule has 1 aliphatic rings. The van der Waals surface area contributed by atoms with Crippen molar-refractivity contribution in [3.63, 3.8) is 0 Å². The zero-order valence-electron chi connectivity index (χ0n) is 37.3. The van der Waals surface area contributed by atoms with Crippen LogP contribution in [0.5, 0.6) is 0 Å². The number of esters is 1. The maximum Gasteiger partial charge on any atom is 0.397 e. The lowest BCUT2D eigenvalue weighted by Gasteiger charge is -2.41. The van der Waals surface area contributed by atoms with Crippen molar-refractivity contribution in [1.29, 1.82) is 0 Å². The van der Waals surface area contributed by atoms with E-state index in [1.54, 1.807) is 0 Å². The first-order chi connectivity index (χ1) is 29.1. The smallest absolute Gasteiger partial charge is 0.397 e. The predicted molar refractivity (Wildman–Crippen MR) is 239 cm³/mol. The lowest BCUT2D eigenvalue weighted by atomic mass is 9.99. The highest BCUT2D eigenvalue weighted by molar-refractivity contribution is 7.80. The largest absolute Gasteiger partial charge is 0.457 e. The molecule has 1 aliphatic heterocycles. The van der Waals surface area contributed by atoms with Crippen LogP contribution in [-0.4, -0.2) is 97.5 Å². The molecule has 0 amide bonds. The molecule has 350 valence electrons. The van der Waals surface area contributed by atoms with E-state index in [0.29, 0.717) is 13.0 Å². The van der Waals surface area contributed by atoms with E-state index in [9.17, 15) is 28.5 Å². The first-order valence-electron chi connectivity index (χ1n) is 23.4. The van der Waals surface area contributed by atoms with Crippen LogP contribution < -0.4 is 0 Å². The Kier molecular flexibility index (Phi) is 36.2. The summed E-state index contributed by atoms with van der Waals surface area (Å²) in [6, 6.07) is 0. The van der Waals surface area contributed by atoms with Crippen LogP contribution in [-0.2, 0) is 38.3 Å². The van der Waals surface area contributed by atoms with Crippen molar-refractivity contribution in [2.45, 2.75) is 218 Å². The second-order valence-corrected chi connectivity index (χ2v) is 17.0. The molecule has 60 heavy (non-hydrogen) atoms. The summed E-state index contributed by atoms with van der Waals surface area (Å²) in [4.78, 5) is 12.9.